The Morgan fingerprint density at radius 1 is 1.14 bits per heavy atom. The lowest BCUT2D eigenvalue weighted by Crippen LogP contribution is -2.60. The molecule has 0 aromatic heterocycles. The highest BCUT2D eigenvalue weighted by Gasteiger charge is 2.60. The number of likely N-dealkylation sites (tertiary alicyclic amines) is 1. The van der Waals surface area contributed by atoms with Crippen molar-refractivity contribution in [3.05, 3.63) is 0 Å². The van der Waals surface area contributed by atoms with Gasteiger partial charge < -0.3 is 15.5 Å². The number of carbonyl (C=O) groups excluding carboxylic acids is 1. The lowest BCUT2D eigenvalue weighted by atomic mass is 9.64. The van der Waals surface area contributed by atoms with Crippen LogP contribution in [-0.4, -0.2) is 49.1 Å². The molecule has 22 heavy (non-hydrogen) atoms. The van der Waals surface area contributed by atoms with E-state index in [1.165, 1.54) is 45.2 Å². The quantitative estimate of drug-likeness (QED) is 0.738. The van der Waals surface area contributed by atoms with Crippen LogP contribution in [0.4, 0.5) is 0 Å². The molecule has 4 heteroatoms. The van der Waals surface area contributed by atoms with E-state index in [-0.39, 0.29) is 16.9 Å². The molecule has 1 amide bonds. The molecule has 2 N–H and O–H groups in total. The molecule has 3 rings (SSSR count). The van der Waals surface area contributed by atoms with E-state index in [4.69, 9.17) is 0 Å². The van der Waals surface area contributed by atoms with Gasteiger partial charge in [-0.2, -0.15) is 0 Å². The molecule has 4 nitrogen and oxygen atoms in total. The Balaban J connectivity index is 1.43. The maximum atomic E-state index is 12.4. The summed E-state index contributed by atoms with van der Waals surface area (Å²) < 4.78 is 0. The van der Waals surface area contributed by atoms with Gasteiger partial charge in [0.2, 0.25) is 5.91 Å². The Labute approximate surface area is 135 Å². The summed E-state index contributed by atoms with van der Waals surface area (Å²) in [6.45, 7) is 11.9. The molecule has 1 heterocycles. The maximum absolute atomic E-state index is 12.4. The summed E-state index contributed by atoms with van der Waals surface area (Å²) in [6, 6.07) is 0. The van der Waals surface area contributed by atoms with Gasteiger partial charge in [-0.15, -0.1) is 0 Å². The zero-order chi connectivity index (χ0) is 15.8. The van der Waals surface area contributed by atoms with E-state index in [1.807, 2.05) is 0 Å². The van der Waals surface area contributed by atoms with Crippen LogP contribution in [0.25, 0.3) is 0 Å². The second-order valence-electron chi connectivity index (χ2n) is 8.40. The van der Waals surface area contributed by atoms with E-state index in [0.29, 0.717) is 12.5 Å². The van der Waals surface area contributed by atoms with Gasteiger partial charge in [0.05, 0.1) is 6.54 Å². The lowest BCUT2D eigenvalue weighted by molar-refractivity contribution is -0.124. The Kier molecular flexibility index (Phi) is 4.52. The SMILES string of the molecule is CC1(C)[C@H]2CC[C@H](C2)[C@@]1(C)NC(=O)CNCCN1CCCC1. The van der Waals surface area contributed by atoms with Gasteiger partial charge >= 0.3 is 0 Å². The molecule has 0 radical (unpaired) electrons. The van der Waals surface area contributed by atoms with Crippen LogP contribution in [0.2, 0.25) is 0 Å². The minimum atomic E-state index is -0.0242. The number of fused-ring (bicyclic) bond motifs is 2. The highest BCUT2D eigenvalue weighted by atomic mass is 16.2. The molecule has 1 aliphatic heterocycles. The molecule has 1 saturated heterocycles. The fourth-order valence-electron chi connectivity index (χ4n) is 5.15. The predicted octanol–water partition coefficient (Wildman–Crippen LogP) is 2.00. The molecule has 2 saturated carbocycles. The minimum Gasteiger partial charge on any atom is -0.349 e. The van der Waals surface area contributed by atoms with E-state index in [1.54, 1.807) is 0 Å². The predicted molar refractivity (Wildman–Crippen MR) is 89.7 cm³/mol. The summed E-state index contributed by atoms with van der Waals surface area (Å²) >= 11 is 0. The van der Waals surface area contributed by atoms with Gasteiger partial charge in [-0.25, -0.2) is 0 Å². The Morgan fingerprint density at radius 2 is 1.82 bits per heavy atom. The standard InChI is InChI=1S/C18H33N3O/c1-17(2)14-6-7-15(12-14)18(17,3)20-16(22)13-19-8-11-21-9-4-5-10-21/h14-15,19H,4-13H2,1-3H3,(H,20,22)/t14-,15+,18+/m0/s1. The van der Waals surface area contributed by atoms with Gasteiger partial charge in [-0.05, 0) is 69.4 Å². The summed E-state index contributed by atoms with van der Waals surface area (Å²) in [5.74, 6) is 1.62. The average molecular weight is 307 g/mol. The summed E-state index contributed by atoms with van der Waals surface area (Å²) in [5.41, 5.74) is 0.199. The van der Waals surface area contributed by atoms with Crippen LogP contribution >= 0.6 is 0 Å². The Bertz CT molecular complexity index is 417. The van der Waals surface area contributed by atoms with Gasteiger partial charge in [0.25, 0.3) is 0 Å². The van der Waals surface area contributed by atoms with Crippen LogP contribution in [0.1, 0.15) is 52.9 Å². The molecule has 3 fully saturated rings. The van der Waals surface area contributed by atoms with E-state index >= 15 is 0 Å². The first-order valence-corrected chi connectivity index (χ1v) is 9.17. The summed E-state index contributed by atoms with van der Waals surface area (Å²) in [7, 11) is 0. The van der Waals surface area contributed by atoms with Gasteiger partial charge in [0.1, 0.15) is 0 Å². The van der Waals surface area contributed by atoms with Gasteiger partial charge in [0.15, 0.2) is 0 Å². The van der Waals surface area contributed by atoms with Crippen molar-refractivity contribution < 1.29 is 4.79 Å². The highest BCUT2D eigenvalue weighted by Crippen LogP contribution is 2.61. The molecule has 3 atom stereocenters. The van der Waals surface area contributed by atoms with Crippen LogP contribution in [0, 0.1) is 17.3 Å². The van der Waals surface area contributed by atoms with Crippen molar-refractivity contribution in [2.75, 3.05) is 32.7 Å². The maximum Gasteiger partial charge on any atom is 0.234 e. The number of amides is 1. The number of hydrogen-bond donors (Lipinski definition) is 2. The fraction of sp³-hybridized carbons (Fsp3) is 0.944. The number of nitrogens with zero attached hydrogens (tertiary/aromatic N) is 1. The molecular formula is C18H33N3O. The topological polar surface area (TPSA) is 44.4 Å². The molecule has 2 aliphatic carbocycles. The summed E-state index contributed by atoms with van der Waals surface area (Å²) in [4.78, 5) is 14.9. The molecule has 0 spiro atoms. The molecule has 0 unspecified atom stereocenters. The normalized spacial score (nSPS) is 36.9. The smallest absolute Gasteiger partial charge is 0.234 e. The van der Waals surface area contributed by atoms with Gasteiger partial charge in [0, 0.05) is 18.6 Å². The van der Waals surface area contributed by atoms with E-state index in [0.717, 1.165) is 19.0 Å². The molecular weight excluding hydrogens is 274 g/mol. The first-order chi connectivity index (χ1) is 10.4. The largest absolute Gasteiger partial charge is 0.349 e. The number of nitrogens with one attached hydrogen (secondary N) is 2. The fourth-order valence-corrected chi connectivity index (χ4v) is 5.15. The van der Waals surface area contributed by atoms with Crippen molar-refractivity contribution in [1.29, 1.82) is 0 Å². The van der Waals surface area contributed by atoms with Crippen LogP contribution in [0.5, 0.6) is 0 Å². The molecule has 0 aromatic rings. The van der Waals surface area contributed by atoms with E-state index in [9.17, 15) is 4.79 Å². The van der Waals surface area contributed by atoms with Crippen molar-refractivity contribution >= 4 is 5.91 Å². The minimum absolute atomic E-state index is 0.0242. The van der Waals surface area contributed by atoms with Gasteiger partial charge in [-0.1, -0.05) is 13.8 Å². The Hall–Kier alpha value is -0.610. The van der Waals surface area contributed by atoms with E-state index < -0.39 is 0 Å². The van der Waals surface area contributed by atoms with Crippen LogP contribution in [0.3, 0.4) is 0 Å². The second kappa shape index (κ2) is 6.12. The monoisotopic (exact) mass is 307 g/mol. The zero-order valence-corrected chi connectivity index (χ0v) is 14.6. The summed E-state index contributed by atoms with van der Waals surface area (Å²) in [6.07, 6.45) is 6.59. The van der Waals surface area contributed by atoms with Crippen molar-refractivity contribution in [2.45, 2.75) is 58.4 Å². The van der Waals surface area contributed by atoms with Crippen molar-refractivity contribution in [2.24, 2.45) is 17.3 Å². The average Bonchev–Trinajstić information content (AvgIpc) is 3.16. The zero-order valence-electron chi connectivity index (χ0n) is 14.6. The Morgan fingerprint density at radius 3 is 2.45 bits per heavy atom. The molecule has 0 aromatic carbocycles. The van der Waals surface area contributed by atoms with Crippen LogP contribution in [-0.2, 0) is 4.79 Å². The second-order valence-corrected chi connectivity index (χ2v) is 8.40. The van der Waals surface area contributed by atoms with Crippen LogP contribution < -0.4 is 10.6 Å². The van der Waals surface area contributed by atoms with Crippen LogP contribution in [0.15, 0.2) is 0 Å². The first kappa shape index (κ1) is 16.3. The highest BCUT2D eigenvalue weighted by molar-refractivity contribution is 5.79. The third kappa shape index (κ3) is 2.80. The molecule has 2 bridgehead atoms. The number of carbonyl (C=O) groups is 1. The third-order valence-corrected chi connectivity index (χ3v) is 7.10. The van der Waals surface area contributed by atoms with Crippen molar-refractivity contribution in [3.8, 4) is 0 Å². The van der Waals surface area contributed by atoms with Crippen molar-refractivity contribution in [3.63, 3.8) is 0 Å². The third-order valence-electron chi connectivity index (χ3n) is 7.10. The lowest BCUT2D eigenvalue weighted by Gasteiger charge is -2.48. The number of rotatable bonds is 6. The molecule has 126 valence electrons. The first-order valence-electron chi connectivity index (χ1n) is 9.17. The summed E-state index contributed by atoms with van der Waals surface area (Å²) in [5, 5.41) is 6.71. The molecule has 3 aliphatic rings. The van der Waals surface area contributed by atoms with Crippen molar-refractivity contribution in [1.82, 2.24) is 15.5 Å². The van der Waals surface area contributed by atoms with E-state index in [2.05, 4.69) is 36.3 Å². The number of hydrogen-bond acceptors (Lipinski definition) is 3. The van der Waals surface area contributed by atoms with Gasteiger partial charge in [-0.3, -0.25) is 4.79 Å².